The number of pyridine rings is 4. The van der Waals surface area contributed by atoms with Gasteiger partial charge in [-0.2, -0.15) is 0 Å². The van der Waals surface area contributed by atoms with E-state index >= 15 is 0 Å². The molecule has 0 aliphatic heterocycles. The molecule has 5 nitrogen and oxygen atoms in total. The van der Waals surface area contributed by atoms with E-state index < -0.39 is 0 Å². The first kappa shape index (κ1) is 30.6. The number of ether oxygens (including phenoxy) is 1. The Morgan fingerprint density at radius 2 is 0.653 bits per heavy atom. The molecule has 0 atom stereocenters. The zero-order valence-electron chi connectivity index (χ0n) is 28.7. The Balaban J connectivity index is 1.04. The van der Waals surface area contributed by atoms with Crippen LogP contribution in [-0.4, -0.2) is 19.9 Å². The van der Waals surface area contributed by atoms with Gasteiger partial charge >= 0.3 is 0 Å². The summed E-state index contributed by atoms with van der Waals surface area (Å²) in [5, 5.41) is 4.35. The van der Waals surface area contributed by atoms with E-state index in [2.05, 4.69) is 139 Å². The van der Waals surface area contributed by atoms with Crippen molar-refractivity contribution in [3.8, 4) is 34.0 Å². The lowest BCUT2D eigenvalue weighted by Gasteiger charge is -2.18. The molecule has 4 aromatic heterocycles. The van der Waals surface area contributed by atoms with Crippen LogP contribution in [0, 0.1) is 0 Å². The summed E-state index contributed by atoms with van der Waals surface area (Å²) in [6.07, 6.45) is 0. The predicted octanol–water partition coefficient (Wildman–Crippen LogP) is 11.6. The van der Waals surface area contributed by atoms with Gasteiger partial charge in [0, 0.05) is 54.9 Å². The molecule has 4 heterocycles. The summed E-state index contributed by atoms with van der Waals surface area (Å²) in [6, 6.07) is 41.6. The van der Waals surface area contributed by atoms with E-state index in [-0.39, 0.29) is 10.8 Å². The summed E-state index contributed by atoms with van der Waals surface area (Å²) < 4.78 is 6.25. The molecule has 0 N–H and O–H groups in total. The van der Waals surface area contributed by atoms with Gasteiger partial charge in [0.2, 0.25) is 0 Å². The van der Waals surface area contributed by atoms with Gasteiger partial charge in [-0.1, -0.05) is 90.1 Å². The third-order valence-corrected chi connectivity index (χ3v) is 9.11. The van der Waals surface area contributed by atoms with E-state index in [4.69, 9.17) is 24.7 Å². The van der Waals surface area contributed by atoms with Crippen molar-refractivity contribution in [3.05, 3.63) is 133 Å². The van der Waals surface area contributed by atoms with E-state index in [1.54, 1.807) is 0 Å². The van der Waals surface area contributed by atoms with Crippen molar-refractivity contribution in [3.63, 3.8) is 0 Å². The number of hydrogen-bond donors (Lipinski definition) is 0. The SMILES string of the molecule is CC(C)(C)c1ccc2ccc3ccc(-c4ccc(Oc5ccc(-c6ccc7ccc8ccc(C(C)(C)C)nc8c7n6)cc5)cc4)nc3c2n1. The Morgan fingerprint density at radius 3 is 1.00 bits per heavy atom. The van der Waals surface area contributed by atoms with Crippen LogP contribution in [0.4, 0.5) is 0 Å². The molecule has 0 aliphatic rings. The number of benzene rings is 4. The van der Waals surface area contributed by atoms with E-state index in [0.717, 1.165) is 89.0 Å². The summed E-state index contributed by atoms with van der Waals surface area (Å²) >= 11 is 0. The molecule has 0 radical (unpaired) electrons. The van der Waals surface area contributed by atoms with Gasteiger partial charge in [0.15, 0.2) is 0 Å². The van der Waals surface area contributed by atoms with E-state index in [9.17, 15) is 0 Å². The summed E-state index contributed by atoms with van der Waals surface area (Å²) in [5.41, 5.74) is 9.60. The van der Waals surface area contributed by atoms with Gasteiger partial charge in [-0.15, -0.1) is 0 Å². The smallest absolute Gasteiger partial charge is 0.127 e. The standard InChI is InChI=1S/C44H38N4O/c1-43(2,3)37-25-17-31-9-7-29-15-23-35(45-39(29)41(31)47-37)27-11-19-33(20-12-27)49-34-21-13-28(14-22-34)36-24-16-30-8-10-32-18-26-38(44(4,5)6)48-42(32)40(30)46-36/h7-26H,1-6H3. The first-order chi connectivity index (χ1) is 23.5. The maximum Gasteiger partial charge on any atom is 0.127 e. The minimum Gasteiger partial charge on any atom is -0.457 e. The second-order valence-corrected chi connectivity index (χ2v) is 14.9. The third-order valence-electron chi connectivity index (χ3n) is 9.11. The lowest BCUT2D eigenvalue weighted by molar-refractivity contribution is 0.483. The number of fused-ring (bicyclic) bond motifs is 6. The van der Waals surface area contributed by atoms with Crippen LogP contribution in [0.2, 0.25) is 0 Å². The molecule has 0 amide bonds. The molecule has 8 aromatic rings. The van der Waals surface area contributed by atoms with E-state index in [1.165, 1.54) is 0 Å². The highest BCUT2D eigenvalue weighted by molar-refractivity contribution is 6.04. The third kappa shape index (κ3) is 5.86. The lowest BCUT2D eigenvalue weighted by Crippen LogP contribution is -2.13. The molecule has 0 spiro atoms. The summed E-state index contributed by atoms with van der Waals surface area (Å²) in [7, 11) is 0. The Hall–Kier alpha value is -5.68. The zero-order valence-corrected chi connectivity index (χ0v) is 28.7. The highest BCUT2D eigenvalue weighted by Crippen LogP contribution is 2.33. The molecule has 0 bridgehead atoms. The van der Waals surface area contributed by atoms with Crippen molar-refractivity contribution in [1.82, 2.24) is 19.9 Å². The largest absolute Gasteiger partial charge is 0.457 e. The maximum atomic E-state index is 6.25. The van der Waals surface area contributed by atoms with E-state index in [0.29, 0.717) is 0 Å². The Bertz CT molecular complexity index is 2340. The number of hydrogen-bond acceptors (Lipinski definition) is 5. The fourth-order valence-electron chi connectivity index (χ4n) is 6.22. The van der Waals surface area contributed by atoms with Crippen molar-refractivity contribution in [2.75, 3.05) is 0 Å². The van der Waals surface area contributed by atoms with Gasteiger partial charge in [-0.05, 0) is 72.8 Å². The second kappa shape index (κ2) is 11.5. The Labute approximate surface area is 286 Å². The molecule has 5 heteroatoms. The normalized spacial score (nSPS) is 12.3. The Morgan fingerprint density at radius 1 is 0.347 bits per heavy atom. The average Bonchev–Trinajstić information content (AvgIpc) is 3.10. The molecule has 0 aliphatic carbocycles. The fraction of sp³-hybridized carbons (Fsp3) is 0.182. The molecule has 49 heavy (non-hydrogen) atoms. The van der Waals surface area contributed by atoms with Crippen molar-refractivity contribution in [2.45, 2.75) is 52.4 Å². The zero-order chi connectivity index (χ0) is 33.9. The minimum absolute atomic E-state index is 0.0404. The maximum absolute atomic E-state index is 6.25. The van der Waals surface area contributed by atoms with Crippen LogP contribution in [-0.2, 0) is 10.8 Å². The van der Waals surface area contributed by atoms with Gasteiger partial charge < -0.3 is 4.74 Å². The van der Waals surface area contributed by atoms with E-state index in [1.807, 2.05) is 24.3 Å². The monoisotopic (exact) mass is 638 g/mol. The summed E-state index contributed by atoms with van der Waals surface area (Å²) in [4.78, 5) is 20.3. The van der Waals surface area contributed by atoms with Crippen molar-refractivity contribution in [2.24, 2.45) is 0 Å². The van der Waals surface area contributed by atoms with Crippen LogP contribution in [0.1, 0.15) is 52.9 Å². The molecule has 240 valence electrons. The molecule has 0 saturated heterocycles. The molecular weight excluding hydrogens is 601 g/mol. The quantitative estimate of drug-likeness (QED) is 0.180. The first-order valence-corrected chi connectivity index (χ1v) is 16.8. The van der Waals surface area contributed by atoms with Crippen LogP contribution in [0.15, 0.2) is 121 Å². The molecule has 0 fully saturated rings. The van der Waals surface area contributed by atoms with Gasteiger partial charge in [0.1, 0.15) is 11.5 Å². The number of aromatic nitrogens is 4. The summed E-state index contributed by atoms with van der Waals surface area (Å²) in [5.74, 6) is 1.52. The van der Waals surface area contributed by atoms with Crippen molar-refractivity contribution in [1.29, 1.82) is 0 Å². The van der Waals surface area contributed by atoms with Crippen molar-refractivity contribution >= 4 is 43.6 Å². The first-order valence-electron chi connectivity index (χ1n) is 16.8. The van der Waals surface area contributed by atoms with Crippen LogP contribution < -0.4 is 4.74 Å². The highest BCUT2D eigenvalue weighted by Gasteiger charge is 2.18. The lowest BCUT2D eigenvalue weighted by atomic mass is 9.91. The highest BCUT2D eigenvalue weighted by atomic mass is 16.5. The van der Waals surface area contributed by atoms with Crippen LogP contribution in [0.25, 0.3) is 66.1 Å². The second-order valence-electron chi connectivity index (χ2n) is 14.9. The van der Waals surface area contributed by atoms with Crippen molar-refractivity contribution < 1.29 is 4.74 Å². The molecule has 8 rings (SSSR count). The van der Waals surface area contributed by atoms with Gasteiger partial charge in [0.25, 0.3) is 0 Å². The molecular formula is C44H38N4O. The number of rotatable bonds is 4. The van der Waals surface area contributed by atoms with Crippen LogP contribution in [0.5, 0.6) is 11.5 Å². The molecule has 0 unspecified atom stereocenters. The number of nitrogens with zero attached hydrogens (tertiary/aromatic N) is 4. The van der Waals surface area contributed by atoms with Gasteiger partial charge in [-0.3, -0.25) is 0 Å². The van der Waals surface area contributed by atoms with Crippen LogP contribution in [0.3, 0.4) is 0 Å². The fourth-order valence-corrected chi connectivity index (χ4v) is 6.22. The van der Waals surface area contributed by atoms with Gasteiger partial charge in [0.05, 0.1) is 33.5 Å². The molecule has 0 saturated carbocycles. The minimum atomic E-state index is -0.0404. The Kier molecular flexibility index (Phi) is 7.18. The topological polar surface area (TPSA) is 60.8 Å². The molecule has 4 aromatic carbocycles. The predicted molar refractivity (Wildman–Crippen MR) is 202 cm³/mol. The van der Waals surface area contributed by atoms with Gasteiger partial charge in [-0.25, -0.2) is 19.9 Å². The summed E-state index contributed by atoms with van der Waals surface area (Å²) in [6.45, 7) is 13.1. The average molecular weight is 639 g/mol. The van der Waals surface area contributed by atoms with Crippen LogP contribution >= 0.6 is 0 Å².